The Balaban J connectivity index is 1.52. The van der Waals surface area contributed by atoms with Gasteiger partial charge in [-0.05, 0) is 24.3 Å². The number of anilines is 1. The van der Waals surface area contributed by atoms with Crippen LogP contribution in [0.3, 0.4) is 0 Å². The molecule has 1 aromatic heterocycles. The van der Waals surface area contributed by atoms with Crippen molar-refractivity contribution in [2.24, 2.45) is 0 Å². The van der Waals surface area contributed by atoms with Crippen molar-refractivity contribution in [3.8, 4) is 0 Å². The lowest BCUT2D eigenvalue weighted by molar-refractivity contribution is -0.146. The third kappa shape index (κ3) is 5.41. The van der Waals surface area contributed by atoms with Gasteiger partial charge in [0, 0.05) is 11.1 Å². The number of amides is 2. The zero-order valence-electron chi connectivity index (χ0n) is 15.8. The van der Waals surface area contributed by atoms with Gasteiger partial charge in [-0.25, -0.2) is 0 Å². The number of esters is 1. The maximum absolute atomic E-state index is 12.7. The van der Waals surface area contributed by atoms with E-state index in [1.165, 1.54) is 18.4 Å². The number of carbonyl (C=O) groups is 4. The van der Waals surface area contributed by atoms with Crippen molar-refractivity contribution in [1.82, 2.24) is 5.32 Å². The van der Waals surface area contributed by atoms with Crippen LogP contribution in [0.4, 0.5) is 5.69 Å². The van der Waals surface area contributed by atoms with Crippen LogP contribution >= 0.6 is 0 Å². The Morgan fingerprint density at radius 3 is 2.33 bits per heavy atom. The number of ether oxygens (including phenoxy) is 1. The average molecular weight is 406 g/mol. The lowest BCUT2D eigenvalue weighted by Gasteiger charge is -2.11. The molecule has 0 saturated carbocycles. The summed E-state index contributed by atoms with van der Waals surface area (Å²) < 4.78 is 9.75. The number of hydrogen-bond donors (Lipinski definition) is 2. The van der Waals surface area contributed by atoms with Gasteiger partial charge in [0.2, 0.25) is 0 Å². The molecule has 0 bridgehead atoms. The molecule has 0 atom stereocenters. The summed E-state index contributed by atoms with van der Waals surface area (Å²) in [5.74, 6) is -2.17. The predicted molar refractivity (Wildman–Crippen MR) is 107 cm³/mol. The molecule has 1 heterocycles. The fourth-order valence-corrected chi connectivity index (χ4v) is 2.57. The fraction of sp³-hybridized carbons (Fsp3) is 0.0909. The molecular formula is C22H18N2O6. The highest BCUT2D eigenvalue weighted by molar-refractivity contribution is 6.13. The molecule has 0 aliphatic rings. The van der Waals surface area contributed by atoms with Gasteiger partial charge in [-0.3, -0.25) is 19.2 Å². The molecule has 0 radical (unpaired) electrons. The van der Waals surface area contributed by atoms with Gasteiger partial charge in [-0.1, -0.05) is 42.5 Å². The number of furan rings is 1. The Morgan fingerprint density at radius 2 is 1.60 bits per heavy atom. The summed E-state index contributed by atoms with van der Waals surface area (Å²) in [5, 5.41) is 4.88. The second kappa shape index (κ2) is 9.83. The van der Waals surface area contributed by atoms with Gasteiger partial charge in [0.15, 0.2) is 18.2 Å². The Bertz CT molecular complexity index is 1040. The number of rotatable bonds is 8. The highest BCUT2D eigenvalue weighted by Gasteiger charge is 2.16. The molecule has 0 aliphatic carbocycles. The van der Waals surface area contributed by atoms with E-state index in [4.69, 9.17) is 9.15 Å². The summed E-state index contributed by atoms with van der Waals surface area (Å²) in [6, 6.07) is 18.2. The standard InChI is InChI=1S/C22H18N2O6/c25-19(14-30-20(26)13-23-22(28)18-11-6-12-29-18)24-17-10-5-4-9-16(17)21(27)15-7-2-1-3-8-15/h1-12H,13-14H2,(H,23,28)(H,24,25). The number of nitrogens with one attached hydrogen (secondary N) is 2. The molecule has 152 valence electrons. The lowest BCUT2D eigenvalue weighted by atomic mass is 10.0. The van der Waals surface area contributed by atoms with E-state index in [0.29, 0.717) is 16.8 Å². The fourth-order valence-electron chi connectivity index (χ4n) is 2.57. The molecule has 8 nitrogen and oxygen atoms in total. The molecule has 2 N–H and O–H groups in total. The number of carbonyl (C=O) groups excluding carboxylic acids is 4. The number of benzene rings is 2. The second-order valence-corrected chi connectivity index (χ2v) is 6.11. The molecule has 0 saturated heterocycles. The van der Waals surface area contributed by atoms with Gasteiger partial charge in [0.1, 0.15) is 6.54 Å². The Labute approximate surface area is 171 Å². The molecule has 0 aliphatic heterocycles. The van der Waals surface area contributed by atoms with E-state index in [9.17, 15) is 19.2 Å². The van der Waals surface area contributed by atoms with Gasteiger partial charge in [-0.2, -0.15) is 0 Å². The summed E-state index contributed by atoms with van der Waals surface area (Å²) in [4.78, 5) is 48.2. The van der Waals surface area contributed by atoms with Crippen molar-refractivity contribution in [2.75, 3.05) is 18.5 Å². The molecule has 3 rings (SSSR count). The van der Waals surface area contributed by atoms with Gasteiger partial charge >= 0.3 is 5.97 Å². The Hall–Kier alpha value is -4.20. The van der Waals surface area contributed by atoms with Crippen LogP contribution in [0.5, 0.6) is 0 Å². The zero-order valence-corrected chi connectivity index (χ0v) is 15.8. The minimum atomic E-state index is -0.793. The highest BCUT2D eigenvalue weighted by Crippen LogP contribution is 2.19. The monoisotopic (exact) mass is 406 g/mol. The molecule has 2 amide bonds. The van der Waals surface area contributed by atoms with E-state index in [1.54, 1.807) is 54.6 Å². The summed E-state index contributed by atoms with van der Waals surface area (Å²) in [6.45, 7) is -0.987. The van der Waals surface area contributed by atoms with Crippen LogP contribution in [-0.4, -0.2) is 36.7 Å². The molecule has 0 fully saturated rings. The second-order valence-electron chi connectivity index (χ2n) is 6.11. The van der Waals surface area contributed by atoms with Crippen molar-refractivity contribution in [2.45, 2.75) is 0 Å². The summed E-state index contributed by atoms with van der Waals surface area (Å²) >= 11 is 0. The third-order valence-electron chi connectivity index (χ3n) is 3.98. The first-order valence-electron chi connectivity index (χ1n) is 9.00. The van der Waals surface area contributed by atoms with E-state index in [2.05, 4.69) is 10.6 Å². The van der Waals surface area contributed by atoms with Crippen LogP contribution in [0.15, 0.2) is 77.4 Å². The smallest absolute Gasteiger partial charge is 0.325 e. The van der Waals surface area contributed by atoms with Crippen molar-refractivity contribution in [1.29, 1.82) is 0 Å². The van der Waals surface area contributed by atoms with Crippen LogP contribution in [0.1, 0.15) is 26.5 Å². The normalized spacial score (nSPS) is 10.1. The first-order chi connectivity index (χ1) is 14.5. The molecule has 8 heteroatoms. The van der Waals surface area contributed by atoms with E-state index in [-0.39, 0.29) is 11.5 Å². The van der Waals surface area contributed by atoms with Crippen molar-refractivity contribution < 1.29 is 28.3 Å². The van der Waals surface area contributed by atoms with Crippen LogP contribution in [0, 0.1) is 0 Å². The van der Waals surface area contributed by atoms with E-state index in [1.807, 2.05) is 0 Å². The molecule has 30 heavy (non-hydrogen) atoms. The van der Waals surface area contributed by atoms with E-state index >= 15 is 0 Å². The van der Waals surface area contributed by atoms with Crippen molar-refractivity contribution >= 4 is 29.3 Å². The number of para-hydroxylation sites is 1. The number of ketones is 1. The lowest BCUT2D eigenvalue weighted by Crippen LogP contribution is -2.32. The quantitative estimate of drug-likeness (QED) is 0.439. The van der Waals surface area contributed by atoms with Crippen LogP contribution in [0.2, 0.25) is 0 Å². The topological polar surface area (TPSA) is 115 Å². The average Bonchev–Trinajstić information content (AvgIpc) is 3.32. The van der Waals surface area contributed by atoms with Crippen LogP contribution in [0.25, 0.3) is 0 Å². The first kappa shape index (κ1) is 20.5. The summed E-state index contributed by atoms with van der Waals surface area (Å²) in [6.07, 6.45) is 1.33. The van der Waals surface area contributed by atoms with E-state index in [0.717, 1.165) is 0 Å². The number of hydrogen-bond acceptors (Lipinski definition) is 6. The van der Waals surface area contributed by atoms with E-state index < -0.39 is 30.9 Å². The van der Waals surface area contributed by atoms with Gasteiger partial charge in [0.25, 0.3) is 11.8 Å². The maximum Gasteiger partial charge on any atom is 0.325 e. The van der Waals surface area contributed by atoms with Gasteiger partial charge in [-0.15, -0.1) is 0 Å². The zero-order chi connectivity index (χ0) is 21.3. The molecular weight excluding hydrogens is 388 g/mol. The molecule has 3 aromatic rings. The minimum absolute atomic E-state index is 0.0558. The maximum atomic E-state index is 12.7. The molecule has 0 spiro atoms. The third-order valence-corrected chi connectivity index (χ3v) is 3.98. The Kier molecular flexibility index (Phi) is 6.73. The summed E-state index contributed by atoms with van der Waals surface area (Å²) in [7, 11) is 0. The SMILES string of the molecule is O=C(COC(=O)CNC(=O)c1ccco1)Nc1ccccc1C(=O)c1ccccc1. The summed E-state index contributed by atoms with van der Waals surface area (Å²) in [5.41, 5.74) is 1.10. The largest absolute Gasteiger partial charge is 0.459 e. The minimum Gasteiger partial charge on any atom is -0.459 e. The van der Waals surface area contributed by atoms with Crippen LogP contribution in [-0.2, 0) is 14.3 Å². The van der Waals surface area contributed by atoms with Crippen molar-refractivity contribution in [3.63, 3.8) is 0 Å². The Morgan fingerprint density at radius 1 is 0.867 bits per heavy atom. The van der Waals surface area contributed by atoms with Gasteiger partial charge in [0.05, 0.1) is 12.0 Å². The first-order valence-corrected chi connectivity index (χ1v) is 9.00. The molecule has 2 aromatic carbocycles. The van der Waals surface area contributed by atoms with Gasteiger partial charge < -0.3 is 19.8 Å². The predicted octanol–water partition coefficient (Wildman–Crippen LogP) is 2.42. The highest BCUT2D eigenvalue weighted by atomic mass is 16.5. The van der Waals surface area contributed by atoms with Crippen LogP contribution < -0.4 is 10.6 Å². The van der Waals surface area contributed by atoms with Crippen molar-refractivity contribution in [3.05, 3.63) is 89.9 Å². The molecule has 0 unspecified atom stereocenters.